The Morgan fingerprint density at radius 1 is 1.17 bits per heavy atom. The van der Waals surface area contributed by atoms with Crippen molar-refractivity contribution in [2.45, 2.75) is 36.7 Å². The van der Waals surface area contributed by atoms with Gasteiger partial charge in [-0.1, -0.05) is 45.7 Å². The van der Waals surface area contributed by atoms with Gasteiger partial charge in [-0.3, -0.25) is 0 Å². The smallest absolute Gasteiger partial charge is 0.402 e. The summed E-state index contributed by atoms with van der Waals surface area (Å²) < 4.78 is 9.98. The molecule has 0 amide bonds. The molecule has 3 nitrogen and oxygen atoms in total. The second-order valence-electron chi connectivity index (χ2n) is 2.22. The highest BCUT2D eigenvalue weighted by Crippen LogP contribution is 2.11. The zero-order valence-corrected chi connectivity index (χ0v) is 10.3. The molecule has 0 rings (SSSR count). The molecule has 0 saturated heterocycles. The van der Waals surface area contributed by atoms with Gasteiger partial charge in [0.25, 0.3) is 0 Å². The van der Waals surface area contributed by atoms with Crippen molar-refractivity contribution >= 4 is 39.2 Å². The van der Waals surface area contributed by atoms with Crippen LogP contribution in [0.5, 0.6) is 0 Å². The summed E-state index contributed by atoms with van der Waals surface area (Å²) in [6.45, 7) is 3.88. The van der Waals surface area contributed by atoms with Crippen LogP contribution in [0.15, 0.2) is 0 Å². The molecule has 0 aromatic carbocycles. The second kappa shape index (κ2) is 7.32. The van der Waals surface area contributed by atoms with Crippen LogP contribution in [0.1, 0.15) is 26.7 Å². The highest BCUT2D eigenvalue weighted by Gasteiger charge is 2.22. The fraction of sp³-hybridized carbons (Fsp3) is 1.00. The SMILES string of the molecule is CCC(Br)OB(O)OC(Br)CC. The molecule has 2 unspecified atom stereocenters. The van der Waals surface area contributed by atoms with Crippen molar-refractivity contribution in [1.82, 2.24) is 0 Å². The molecule has 0 heterocycles. The summed E-state index contributed by atoms with van der Waals surface area (Å²) in [5, 5.41) is 8.82. The molecule has 0 spiro atoms. The lowest BCUT2D eigenvalue weighted by Crippen LogP contribution is -2.28. The lowest BCUT2D eigenvalue weighted by atomic mass is 10.2. The van der Waals surface area contributed by atoms with Crippen LogP contribution in [0.25, 0.3) is 0 Å². The van der Waals surface area contributed by atoms with Crippen molar-refractivity contribution in [2.75, 3.05) is 0 Å². The van der Waals surface area contributed by atoms with Crippen LogP contribution >= 0.6 is 31.9 Å². The zero-order valence-electron chi connectivity index (χ0n) is 7.17. The lowest BCUT2D eigenvalue weighted by Gasteiger charge is -2.14. The van der Waals surface area contributed by atoms with Crippen LogP contribution in [0, 0.1) is 0 Å². The highest BCUT2D eigenvalue weighted by molar-refractivity contribution is 9.09. The Kier molecular flexibility index (Phi) is 7.87. The van der Waals surface area contributed by atoms with Gasteiger partial charge >= 0.3 is 7.32 Å². The minimum Gasteiger partial charge on any atom is -0.402 e. The molecule has 0 aromatic heterocycles. The van der Waals surface area contributed by atoms with Gasteiger partial charge in [0, 0.05) is 0 Å². The molecule has 0 bridgehead atoms. The van der Waals surface area contributed by atoms with E-state index >= 15 is 0 Å². The van der Waals surface area contributed by atoms with Crippen molar-refractivity contribution in [3.63, 3.8) is 0 Å². The predicted octanol–water partition coefficient (Wildman–Crippen LogP) is 2.26. The molecule has 0 aromatic rings. The summed E-state index contributed by atoms with van der Waals surface area (Å²) in [5.41, 5.74) is 0. The maximum absolute atomic E-state index is 9.15. The maximum atomic E-state index is 9.15. The topological polar surface area (TPSA) is 38.7 Å². The minimum atomic E-state index is -1.17. The fourth-order valence-electron chi connectivity index (χ4n) is 0.477. The van der Waals surface area contributed by atoms with Gasteiger partial charge in [0.1, 0.15) is 10.0 Å². The summed E-state index contributed by atoms with van der Waals surface area (Å²) in [6, 6.07) is 0. The van der Waals surface area contributed by atoms with Gasteiger partial charge in [0.05, 0.1) is 0 Å². The molecular formula is C6H13BBr2O3. The normalized spacial score (nSPS) is 15.8. The Morgan fingerprint density at radius 2 is 1.50 bits per heavy atom. The van der Waals surface area contributed by atoms with Crippen molar-refractivity contribution in [3.05, 3.63) is 0 Å². The van der Waals surface area contributed by atoms with E-state index < -0.39 is 7.32 Å². The molecule has 0 aliphatic carbocycles. The molecule has 0 aliphatic rings. The minimum absolute atomic E-state index is 0.163. The van der Waals surface area contributed by atoms with E-state index in [0.717, 1.165) is 12.8 Å². The Balaban J connectivity index is 3.51. The first-order chi connectivity index (χ1) is 5.60. The number of hydrogen-bond acceptors (Lipinski definition) is 3. The van der Waals surface area contributed by atoms with Crippen molar-refractivity contribution in [1.29, 1.82) is 0 Å². The van der Waals surface area contributed by atoms with Crippen molar-refractivity contribution in [2.24, 2.45) is 0 Å². The van der Waals surface area contributed by atoms with Gasteiger partial charge in [-0.25, -0.2) is 0 Å². The lowest BCUT2D eigenvalue weighted by molar-refractivity contribution is 0.114. The maximum Gasteiger partial charge on any atom is 0.638 e. The third kappa shape index (κ3) is 6.42. The van der Waals surface area contributed by atoms with Crippen LogP contribution in [0.2, 0.25) is 0 Å². The highest BCUT2D eigenvalue weighted by atomic mass is 79.9. The molecule has 0 radical (unpaired) electrons. The molecule has 2 atom stereocenters. The third-order valence-electron chi connectivity index (χ3n) is 1.17. The number of alkyl halides is 2. The third-order valence-corrected chi connectivity index (χ3v) is 2.90. The first kappa shape index (κ1) is 12.9. The fourth-order valence-corrected chi connectivity index (χ4v) is 0.846. The molecule has 1 N–H and O–H groups in total. The summed E-state index contributed by atoms with van der Waals surface area (Å²) >= 11 is 6.42. The average Bonchev–Trinajstić information content (AvgIpc) is 2.03. The van der Waals surface area contributed by atoms with E-state index in [1.54, 1.807) is 0 Å². The average molecular weight is 304 g/mol. The summed E-state index contributed by atoms with van der Waals surface area (Å²) in [6.07, 6.45) is 1.55. The molecule has 0 aliphatic heterocycles. The summed E-state index contributed by atoms with van der Waals surface area (Å²) in [7, 11) is -1.17. The summed E-state index contributed by atoms with van der Waals surface area (Å²) in [4.78, 5) is 0. The second-order valence-corrected chi connectivity index (χ2v) is 4.26. The molecule has 72 valence electrons. The van der Waals surface area contributed by atoms with Crippen molar-refractivity contribution < 1.29 is 14.3 Å². The Labute approximate surface area is 90.2 Å². The van der Waals surface area contributed by atoms with E-state index in [9.17, 15) is 0 Å². The van der Waals surface area contributed by atoms with Crippen LogP contribution in [0.4, 0.5) is 0 Å². The Morgan fingerprint density at radius 3 is 1.75 bits per heavy atom. The molecule has 0 saturated carbocycles. The predicted molar refractivity (Wildman–Crippen MR) is 56.2 cm³/mol. The quantitative estimate of drug-likeness (QED) is 0.604. The number of rotatable bonds is 6. The van der Waals surface area contributed by atoms with E-state index in [4.69, 9.17) is 14.3 Å². The Bertz CT molecular complexity index is 105. The van der Waals surface area contributed by atoms with E-state index in [1.807, 2.05) is 13.8 Å². The van der Waals surface area contributed by atoms with Crippen LogP contribution < -0.4 is 0 Å². The van der Waals surface area contributed by atoms with Gasteiger partial charge < -0.3 is 14.3 Å². The van der Waals surface area contributed by atoms with Gasteiger partial charge in [-0.05, 0) is 12.8 Å². The standard InChI is InChI=1S/C6H13BBr2O3/c1-3-5(8)11-7(10)12-6(9)4-2/h5-6,10H,3-4H2,1-2H3. The van der Waals surface area contributed by atoms with Gasteiger partial charge in [0.2, 0.25) is 0 Å². The van der Waals surface area contributed by atoms with E-state index in [2.05, 4.69) is 31.9 Å². The molecule has 12 heavy (non-hydrogen) atoms. The number of halogens is 2. The molecular weight excluding hydrogens is 291 g/mol. The first-order valence-electron chi connectivity index (χ1n) is 3.87. The molecule has 0 fully saturated rings. The summed E-state index contributed by atoms with van der Waals surface area (Å²) in [5.74, 6) is 0. The van der Waals surface area contributed by atoms with Crippen LogP contribution in [-0.4, -0.2) is 22.4 Å². The zero-order chi connectivity index (χ0) is 9.56. The van der Waals surface area contributed by atoms with Crippen LogP contribution in [-0.2, 0) is 9.31 Å². The van der Waals surface area contributed by atoms with E-state index in [0.29, 0.717) is 0 Å². The number of hydrogen-bond donors (Lipinski definition) is 1. The largest absolute Gasteiger partial charge is 0.638 e. The van der Waals surface area contributed by atoms with Gasteiger partial charge in [-0.15, -0.1) is 0 Å². The monoisotopic (exact) mass is 302 g/mol. The van der Waals surface area contributed by atoms with Crippen molar-refractivity contribution in [3.8, 4) is 0 Å². The van der Waals surface area contributed by atoms with E-state index in [1.165, 1.54) is 0 Å². The van der Waals surface area contributed by atoms with Crippen LogP contribution in [0.3, 0.4) is 0 Å². The van der Waals surface area contributed by atoms with Gasteiger partial charge in [-0.2, -0.15) is 0 Å². The first-order valence-corrected chi connectivity index (χ1v) is 5.70. The van der Waals surface area contributed by atoms with E-state index in [-0.39, 0.29) is 10.0 Å². The van der Waals surface area contributed by atoms with Gasteiger partial charge in [0.15, 0.2) is 0 Å². The Hall–Kier alpha value is 0.905. The molecule has 6 heteroatoms.